The van der Waals surface area contributed by atoms with E-state index in [0.29, 0.717) is 19.3 Å². The molecule has 1 amide bonds. The molecular formula is C17H33N3O3. The van der Waals surface area contributed by atoms with Gasteiger partial charge in [-0.2, -0.15) is 0 Å². The highest BCUT2D eigenvalue weighted by molar-refractivity contribution is 5.80. The number of nitrogens with one attached hydrogen (secondary N) is 3. The van der Waals surface area contributed by atoms with Crippen molar-refractivity contribution in [2.45, 2.75) is 70.9 Å². The van der Waals surface area contributed by atoms with Crippen molar-refractivity contribution in [3.8, 4) is 0 Å². The van der Waals surface area contributed by atoms with Crippen LogP contribution in [0.25, 0.3) is 0 Å². The highest BCUT2D eigenvalue weighted by Crippen LogP contribution is 2.07. The molecule has 0 aromatic heterocycles. The lowest BCUT2D eigenvalue weighted by Crippen LogP contribution is -2.40. The SMILES string of the molecule is CNCCCCC(CC(=O)NC(CCC(C)=O)CC(C)=O)NC. The first-order valence-electron chi connectivity index (χ1n) is 8.49. The second kappa shape index (κ2) is 13.2. The number of Topliss-reactive ketones (excluding diaryl/α,β-unsaturated/α-hetero) is 2. The molecule has 0 radical (unpaired) electrons. The van der Waals surface area contributed by atoms with Gasteiger partial charge in [0.25, 0.3) is 0 Å². The Labute approximate surface area is 140 Å². The van der Waals surface area contributed by atoms with Crippen LogP contribution < -0.4 is 16.0 Å². The molecule has 0 aromatic rings. The van der Waals surface area contributed by atoms with Gasteiger partial charge in [-0.3, -0.25) is 9.59 Å². The van der Waals surface area contributed by atoms with Gasteiger partial charge in [0.1, 0.15) is 11.6 Å². The van der Waals surface area contributed by atoms with Gasteiger partial charge >= 0.3 is 0 Å². The number of carbonyl (C=O) groups excluding carboxylic acids is 3. The van der Waals surface area contributed by atoms with Gasteiger partial charge in [0.15, 0.2) is 0 Å². The highest BCUT2D eigenvalue weighted by atomic mass is 16.2. The van der Waals surface area contributed by atoms with Gasteiger partial charge in [0.05, 0.1) is 0 Å². The zero-order valence-corrected chi connectivity index (χ0v) is 15.0. The number of unbranched alkanes of at least 4 members (excludes halogenated alkanes) is 1. The van der Waals surface area contributed by atoms with E-state index >= 15 is 0 Å². The molecule has 0 rings (SSSR count). The summed E-state index contributed by atoms with van der Waals surface area (Å²) in [4.78, 5) is 34.6. The van der Waals surface area contributed by atoms with E-state index in [4.69, 9.17) is 0 Å². The maximum absolute atomic E-state index is 12.2. The van der Waals surface area contributed by atoms with Crippen molar-refractivity contribution in [2.75, 3.05) is 20.6 Å². The van der Waals surface area contributed by atoms with Crippen LogP contribution in [0.15, 0.2) is 0 Å². The van der Waals surface area contributed by atoms with Crippen LogP contribution in [0, 0.1) is 0 Å². The van der Waals surface area contributed by atoms with Crippen LogP contribution in [0.4, 0.5) is 0 Å². The number of hydrogen-bond acceptors (Lipinski definition) is 5. The molecule has 0 aromatic carbocycles. The third-order valence-corrected chi connectivity index (χ3v) is 3.81. The molecule has 0 aliphatic rings. The average molecular weight is 327 g/mol. The molecule has 0 heterocycles. The van der Waals surface area contributed by atoms with E-state index in [1.54, 1.807) is 0 Å². The van der Waals surface area contributed by atoms with E-state index in [-0.39, 0.29) is 36.0 Å². The minimum Gasteiger partial charge on any atom is -0.353 e. The molecule has 6 nitrogen and oxygen atoms in total. The van der Waals surface area contributed by atoms with Crippen LogP contribution in [0.2, 0.25) is 0 Å². The van der Waals surface area contributed by atoms with Gasteiger partial charge in [-0.05, 0) is 53.8 Å². The van der Waals surface area contributed by atoms with Gasteiger partial charge in [0, 0.05) is 31.3 Å². The van der Waals surface area contributed by atoms with Crippen LogP contribution in [-0.4, -0.2) is 50.2 Å². The first kappa shape index (κ1) is 21.7. The van der Waals surface area contributed by atoms with Crippen molar-refractivity contribution >= 4 is 17.5 Å². The lowest BCUT2D eigenvalue weighted by atomic mass is 10.0. The van der Waals surface area contributed by atoms with Crippen LogP contribution in [0.3, 0.4) is 0 Å². The third kappa shape index (κ3) is 12.9. The number of hydrogen-bond donors (Lipinski definition) is 3. The summed E-state index contributed by atoms with van der Waals surface area (Å²) in [5.74, 6) is 0.0364. The zero-order chi connectivity index (χ0) is 17.7. The summed E-state index contributed by atoms with van der Waals surface area (Å²) in [7, 11) is 3.79. The Balaban J connectivity index is 4.29. The monoisotopic (exact) mass is 327 g/mol. The molecular weight excluding hydrogens is 294 g/mol. The number of rotatable bonds is 14. The molecule has 0 saturated heterocycles. The molecule has 0 aliphatic heterocycles. The van der Waals surface area contributed by atoms with E-state index < -0.39 is 0 Å². The summed E-state index contributed by atoms with van der Waals surface area (Å²) in [5, 5.41) is 9.19. The van der Waals surface area contributed by atoms with Gasteiger partial charge in [-0.25, -0.2) is 0 Å². The van der Waals surface area contributed by atoms with Crippen molar-refractivity contribution < 1.29 is 14.4 Å². The Morgan fingerprint density at radius 1 is 0.870 bits per heavy atom. The summed E-state index contributed by atoms with van der Waals surface area (Å²) in [6.07, 6.45) is 4.67. The lowest BCUT2D eigenvalue weighted by molar-refractivity contribution is -0.124. The first-order chi connectivity index (χ1) is 10.9. The van der Waals surface area contributed by atoms with Gasteiger partial charge in [0.2, 0.25) is 5.91 Å². The van der Waals surface area contributed by atoms with Crippen molar-refractivity contribution in [3.63, 3.8) is 0 Å². The van der Waals surface area contributed by atoms with Crippen LogP contribution in [-0.2, 0) is 14.4 Å². The summed E-state index contributed by atoms with van der Waals surface area (Å²) in [6.45, 7) is 4.01. The third-order valence-electron chi connectivity index (χ3n) is 3.81. The number of carbonyl (C=O) groups is 3. The van der Waals surface area contributed by atoms with Crippen LogP contribution in [0.1, 0.15) is 58.8 Å². The molecule has 3 N–H and O–H groups in total. The van der Waals surface area contributed by atoms with E-state index in [9.17, 15) is 14.4 Å². The number of ketones is 2. The molecule has 2 atom stereocenters. The second-order valence-electron chi connectivity index (χ2n) is 6.20. The fourth-order valence-corrected chi connectivity index (χ4v) is 2.50. The molecule has 0 spiro atoms. The smallest absolute Gasteiger partial charge is 0.221 e. The maximum atomic E-state index is 12.2. The van der Waals surface area contributed by atoms with E-state index in [1.807, 2.05) is 14.1 Å². The molecule has 134 valence electrons. The highest BCUT2D eigenvalue weighted by Gasteiger charge is 2.18. The van der Waals surface area contributed by atoms with Gasteiger partial charge in [-0.1, -0.05) is 6.42 Å². The Morgan fingerprint density at radius 2 is 1.57 bits per heavy atom. The molecule has 0 saturated carbocycles. The van der Waals surface area contributed by atoms with Crippen LogP contribution in [0.5, 0.6) is 0 Å². The predicted octanol–water partition coefficient (Wildman–Crippen LogP) is 1.19. The van der Waals surface area contributed by atoms with Crippen molar-refractivity contribution in [1.29, 1.82) is 0 Å². The fourth-order valence-electron chi connectivity index (χ4n) is 2.50. The Kier molecular flexibility index (Phi) is 12.5. The average Bonchev–Trinajstić information content (AvgIpc) is 2.47. The van der Waals surface area contributed by atoms with Crippen LogP contribution >= 0.6 is 0 Å². The second-order valence-corrected chi connectivity index (χ2v) is 6.20. The quantitative estimate of drug-likeness (QED) is 0.417. The van der Waals surface area contributed by atoms with E-state index in [2.05, 4.69) is 16.0 Å². The summed E-state index contributed by atoms with van der Waals surface area (Å²) >= 11 is 0. The number of amides is 1. The molecule has 0 fully saturated rings. The van der Waals surface area contributed by atoms with Gasteiger partial charge < -0.3 is 20.7 Å². The normalized spacial score (nSPS) is 13.4. The van der Waals surface area contributed by atoms with Crippen molar-refractivity contribution in [3.05, 3.63) is 0 Å². The fraction of sp³-hybridized carbons (Fsp3) is 0.824. The zero-order valence-electron chi connectivity index (χ0n) is 15.0. The summed E-state index contributed by atoms with van der Waals surface area (Å²) in [6, 6.07) is -0.108. The van der Waals surface area contributed by atoms with Gasteiger partial charge in [-0.15, -0.1) is 0 Å². The minimum atomic E-state index is -0.245. The predicted molar refractivity (Wildman–Crippen MR) is 92.4 cm³/mol. The molecule has 23 heavy (non-hydrogen) atoms. The van der Waals surface area contributed by atoms with E-state index in [0.717, 1.165) is 25.8 Å². The largest absolute Gasteiger partial charge is 0.353 e. The minimum absolute atomic E-state index is 0.0242. The lowest BCUT2D eigenvalue weighted by Gasteiger charge is -2.20. The molecule has 6 heteroatoms. The Bertz CT molecular complexity index is 372. The summed E-state index contributed by atoms with van der Waals surface area (Å²) < 4.78 is 0. The molecule has 2 unspecified atom stereocenters. The molecule has 0 bridgehead atoms. The van der Waals surface area contributed by atoms with E-state index in [1.165, 1.54) is 13.8 Å². The first-order valence-corrected chi connectivity index (χ1v) is 8.49. The van der Waals surface area contributed by atoms with Crippen molar-refractivity contribution in [2.24, 2.45) is 0 Å². The maximum Gasteiger partial charge on any atom is 0.221 e. The Morgan fingerprint density at radius 3 is 2.09 bits per heavy atom. The Hall–Kier alpha value is -1.27. The topological polar surface area (TPSA) is 87.3 Å². The molecule has 0 aliphatic carbocycles. The summed E-state index contributed by atoms with van der Waals surface area (Å²) in [5.41, 5.74) is 0. The van der Waals surface area contributed by atoms with Crippen molar-refractivity contribution in [1.82, 2.24) is 16.0 Å². The standard InChI is InChI=1S/C17H33N3O3/c1-13(21)8-9-16(11-14(2)22)20-17(23)12-15(19-4)7-5-6-10-18-3/h15-16,18-19H,5-12H2,1-4H3,(H,20,23).